The summed E-state index contributed by atoms with van der Waals surface area (Å²) in [6.07, 6.45) is 8.14. The molecule has 1 aliphatic carbocycles. The zero-order valence-corrected chi connectivity index (χ0v) is 10.9. The van der Waals surface area contributed by atoms with Crippen LogP contribution in [0.25, 0.3) is 0 Å². The predicted molar refractivity (Wildman–Crippen MR) is 71.1 cm³/mol. The molecule has 5 heteroatoms. The number of hydrogen-bond donors (Lipinski definition) is 2. The van der Waals surface area contributed by atoms with E-state index < -0.39 is 0 Å². The first-order valence-corrected chi connectivity index (χ1v) is 6.28. The van der Waals surface area contributed by atoms with E-state index in [0.29, 0.717) is 30.1 Å². The number of allylic oxidation sites excluding steroid dienone is 2. The fourth-order valence-electron chi connectivity index (χ4n) is 2.15. The van der Waals surface area contributed by atoms with E-state index in [9.17, 15) is 0 Å². The topological polar surface area (TPSA) is 73.1 Å². The molecular weight excluding hydrogens is 228 g/mol. The van der Waals surface area contributed by atoms with Crippen molar-refractivity contribution in [2.24, 2.45) is 17.7 Å². The minimum absolute atomic E-state index is 0.554. The molecule has 0 spiro atoms. The zero-order chi connectivity index (χ0) is 13.0. The molecule has 98 valence electrons. The lowest BCUT2D eigenvalue weighted by Gasteiger charge is -2.25. The lowest BCUT2D eigenvalue weighted by Crippen LogP contribution is -2.22. The number of aromatic nitrogens is 2. The second kappa shape index (κ2) is 5.82. The Labute approximate surface area is 107 Å². The third-order valence-electron chi connectivity index (χ3n) is 3.53. The van der Waals surface area contributed by atoms with E-state index in [2.05, 4.69) is 34.5 Å². The second-order valence-electron chi connectivity index (χ2n) is 4.79. The molecule has 0 aromatic carbocycles. The summed E-state index contributed by atoms with van der Waals surface area (Å²) in [4.78, 5) is 8.18. The van der Waals surface area contributed by atoms with Gasteiger partial charge in [0.2, 0.25) is 5.88 Å². The zero-order valence-electron chi connectivity index (χ0n) is 10.9. The van der Waals surface area contributed by atoms with E-state index in [0.717, 1.165) is 18.4 Å². The Hall–Kier alpha value is -1.62. The molecule has 2 atom stereocenters. The first kappa shape index (κ1) is 12.8. The molecular formula is C13H20N4O. The van der Waals surface area contributed by atoms with Crippen LogP contribution < -0.4 is 16.0 Å². The van der Waals surface area contributed by atoms with E-state index in [-0.39, 0.29) is 0 Å². The Kier molecular flexibility index (Phi) is 4.15. The monoisotopic (exact) mass is 248 g/mol. The Bertz CT molecular complexity index is 433. The van der Waals surface area contributed by atoms with E-state index in [1.807, 2.05) is 6.92 Å². The van der Waals surface area contributed by atoms with Gasteiger partial charge in [-0.05, 0) is 31.6 Å². The molecule has 3 N–H and O–H groups in total. The maximum atomic E-state index is 5.81. The minimum Gasteiger partial charge on any atom is -0.477 e. The molecule has 0 amide bonds. The first-order chi connectivity index (χ1) is 8.72. The largest absolute Gasteiger partial charge is 0.477 e. The van der Waals surface area contributed by atoms with Gasteiger partial charge in [0.25, 0.3) is 0 Å². The Balaban J connectivity index is 2.00. The number of hydrogen-bond acceptors (Lipinski definition) is 5. The molecule has 1 aliphatic rings. The Morgan fingerprint density at radius 1 is 1.39 bits per heavy atom. The fourth-order valence-corrected chi connectivity index (χ4v) is 2.15. The quantitative estimate of drug-likeness (QED) is 0.484. The molecule has 0 radical (unpaired) electrons. The summed E-state index contributed by atoms with van der Waals surface area (Å²) in [7, 11) is 0. The molecule has 1 heterocycles. The number of rotatable bonds is 4. The lowest BCUT2D eigenvalue weighted by atomic mass is 9.85. The van der Waals surface area contributed by atoms with Crippen LogP contribution in [0.2, 0.25) is 0 Å². The Morgan fingerprint density at radius 3 is 2.89 bits per heavy atom. The highest BCUT2D eigenvalue weighted by atomic mass is 16.5. The SMILES string of the molecule is Cc1c(NN)ncnc1OCC1CC=CCC1C. The van der Waals surface area contributed by atoms with Gasteiger partial charge in [0, 0.05) is 0 Å². The summed E-state index contributed by atoms with van der Waals surface area (Å²) < 4.78 is 5.81. The molecule has 0 aliphatic heterocycles. The molecule has 1 aromatic heterocycles. The van der Waals surface area contributed by atoms with Gasteiger partial charge in [0.15, 0.2) is 0 Å². The fraction of sp³-hybridized carbons (Fsp3) is 0.538. The van der Waals surface area contributed by atoms with Crippen LogP contribution in [-0.2, 0) is 0 Å². The third-order valence-corrected chi connectivity index (χ3v) is 3.53. The van der Waals surface area contributed by atoms with Crippen LogP contribution in [0.4, 0.5) is 5.82 Å². The molecule has 18 heavy (non-hydrogen) atoms. The van der Waals surface area contributed by atoms with Gasteiger partial charge in [-0.15, -0.1) is 0 Å². The van der Waals surface area contributed by atoms with Crippen molar-refractivity contribution in [3.05, 3.63) is 24.0 Å². The summed E-state index contributed by atoms with van der Waals surface area (Å²) in [5, 5.41) is 0. The van der Waals surface area contributed by atoms with E-state index in [1.165, 1.54) is 6.33 Å². The highest BCUT2D eigenvalue weighted by Gasteiger charge is 2.19. The van der Waals surface area contributed by atoms with Gasteiger partial charge in [-0.25, -0.2) is 15.8 Å². The average Bonchev–Trinajstić information content (AvgIpc) is 2.39. The van der Waals surface area contributed by atoms with Crippen molar-refractivity contribution in [1.29, 1.82) is 0 Å². The normalized spacial score (nSPS) is 22.8. The van der Waals surface area contributed by atoms with Gasteiger partial charge in [0.05, 0.1) is 12.2 Å². The van der Waals surface area contributed by atoms with Crippen molar-refractivity contribution in [3.63, 3.8) is 0 Å². The number of hydrazine groups is 1. The summed E-state index contributed by atoms with van der Waals surface area (Å²) in [5.41, 5.74) is 3.39. The van der Waals surface area contributed by atoms with Gasteiger partial charge in [0.1, 0.15) is 12.1 Å². The van der Waals surface area contributed by atoms with Crippen molar-refractivity contribution in [2.75, 3.05) is 12.0 Å². The maximum Gasteiger partial charge on any atom is 0.221 e. The molecule has 0 bridgehead atoms. The van der Waals surface area contributed by atoms with Crippen LogP contribution in [0.3, 0.4) is 0 Å². The number of nitrogen functional groups attached to an aromatic ring is 1. The lowest BCUT2D eigenvalue weighted by molar-refractivity contribution is 0.191. The van der Waals surface area contributed by atoms with E-state index in [1.54, 1.807) is 0 Å². The van der Waals surface area contributed by atoms with Gasteiger partial charge >= 0.3 is 0 Å². The molecule has 1 aromatic rings. The average molecular weight is 248 g/mol. The molecule has 0 fully saturated rings. The number of anilines is 1. The highest BCUT2D eigenvalue weighted by molar-refractivity contribution is 5.46. The number of nitrogens with zero attached hydrogens (tertiary/aromatic N) is 2. The standard InChI is InChI=1S/C13H20N4O/c1-9-5-3-4-6-11(9)7-18-13-10(2)12(17-14)15-8-16-13/h3-4,8-9,11H,5-7,14H2,1-2H3,(H,15,16,17). The smallest absolute Gasteiger partial charge is 0.221 e. The van der Waals surface area contributed by atoms with Crippen LogP contribution in [0.1, 0.15) is 25.3 Å². The van der Waals surface area contributed by atoms with Crippen LogP contribution in [0.5, 0.6) is 5.88 Å². The van der Waals surface area contributed by atoms with Crippen molar-refractivity contribution < 1.29 is 4.74 Å². The van der Waals surface area contributed by atoms with Gasteiger partial charge < -0.3 is 10.2 Å². The predicted octanol–water partition coefficient (Wildman–Crippen LogP) is 2.05. The van der Waals surface area contributed by atoms with Crippen molar-refractivity contribution in [3.8, 4) is 5.88 Å². The minimum atomic E-state index is 0.554. The molecule has 0 saturated carbocycles. The maximum absolute atomic E-state index is 5.81. The molecule has 2 unspecified atom stereocenters. The molecule has 5 nitrogen and oxygen atoms in total. The summed E-state index contributed by atoms with van der Waals surface area (Å²) in [5.74, 6) is 7.81. The van der Waals surface area contributed by atoms with Gasteiger partial charge in [-0.1, -0.05) is 19.1 Å². The van der Waals surface area contributed by atoms with Crippen molar-refractivity contribution >= 4 is 5.82 Å². The second-order valence-corrected chi connectivity index (χ2v) is 4.79. The summed E-state index contributed by atoms with van der Waals surface area (Å²) in [6, 6.07) is 0. The van der Waals surface area contributed by atoms with Gasteiger partial charge in [-0.2, -0.15) is 0 Å². The van der Waals surface area contributed by atoms with Crippen LogP contribution in [-0.4, -0.2) is 16.6 Å². The van der Waals surface area contributed by atoms with Crippen molar-refractivity contribution in [2.45, 2.75) is 26.7 Å². The highest BCUT2D eigenvalue weighted by Crippen LogP contribution is 2.27. The molecule has 0 saturated heterocycles. The summed E-state index contributed by atoms with van der Waals surface area (Å²) >= 11 is 0. The van der Waals surface area contributed by atoms with Crippen LogP contribution in [0, 0.1) is 18.8 Å². The Morgan fingerprint density at radius 2 is 2.17 bits per heavy atom. The van der Waals surface area contributed by atoms with Crippen molar-refractivity contribution in [1.82, 2.24) is 9.97 Å². The number of nitrogens with two attached hydrogens (primary N) is 1. The first-order valence-electron chi connectivity index (χ1n) is 6.28. The van der Waals surface area contributed by atoms with Gasteiger partial charge in [-0.3, -0.25) is 0 Å². The van der Waals surface area contributed by atoms with E-state index >= 15 is 0 Å². The molecule has 2 rings (SSSR count). The summed E-state index contributed by atoms with van der Waals surface area (Å²) in [6.45, 7) is 4.85. The number of ether oxygens (including phenoxy) is 1. The third kappa shape index (κ3) is 2.79. The van der Waals surface area contributed by atoms with Crippen LogP contribution >= 0.6 is 0 Å². The number of nitrogens with one attached hydrogen (secondary N) is 1. The van der Waals surface area contributed by atoms with Crippen LogP contribution in [0.15, 0.2) is 18.5 Å². The van der Waals surface area contributed by atoms with E-state index in [4.69, 9.17) is 10.6 Å².